The minimum absolute atomic E-state index is 0.143. The highest BCUT2D eigenvalue weighted by molar-refractivity contribution is 9.10. The Morgan fingerprint density at radius 3 is 3.17 bits per heavy atom. The molecule has 3 rings (SSSR count). The van der Waals surface area contributed by atoms with Crippen molar-refractivity contribution in [2.45, 2.75) is 12.1 Å². The minimum Gasteiger partial charge on any atom is -0.371 e. The van der Waals surface area contributed by atoms with Crippen LogP contribution in [0.25, 0.3) is 0 Å². The molecular weight excluding hydrogens is 316 g/mol. The molecule has 0 saturated carbocycles. The Morgan fingerprint density at radius 2 is 2.33 bits per heavy atom. The number of fused-ring (bicyclic) bond motifs is 1. The Morgan fingerprint density at radius 1 is 1.44 bits per heavy atom. The van der Waals surface area contributed by atoms with Gasteiger partial charge in [0.05, 0.1) is 17.7 Å². The number of nitrogens with zero attached hydrogens (tertiary/aromatic N) is 1. The molecule has 1 aromatic rings. The van der Waals surface area contributed by atoms with Crippen LogP contribution in [0.5, 0.6) is 0 Å². The summed E-state index contributed by atoms with van der Waals surface area (Å²) in [5.41, 5.74) is 1.17. The average molecular weight is 332 g/mol. The van der Waals surface area contributed by atoms with Crippen molar-refractivity contribution >= 4 is 27.5 Å². The number of morpholine rings is 1. The van der Waals surface area contributed by atoms with Gasteiger partial charge in [-0.05, 0) is 33.6 Å². The first-order valence-electron chi connectivity index (χ1n) is 6.25. The van der Waals surface area contributed by atoms with Crippen LogP contribution in [0.15, 0.2) is 22.7 Å². The summed E-state index contributed by atoms with van der Waals surface area (Å²) in [6, 6.07) is 6.60. The summed E-state index contributed by atoms with van der Waals surface area (Å²) < 4.78 is 6.91. The highest BCUT2D eigenvalue weighted by Crippen LogP contribution is 2.30. The van der Waals surface area contributed by atoms with Crippen molar-refractivity contribution in [2.24, 2.45) is 0 Å². The van der Waals surface area contributed by atoms with E-state index >= 15 is 0 Å². The fraction of sp³-hybridized carbons (Fsp3) is 0.538. The molecule has 0 aromatic heterocycles. The van der Waals surface area contributed by atoms with E-state index in [1.54, 1.807) is 0 Å². The predicted octanol–water partition coefficient (Wildman–Crippen LogP) is 2.45. The van der Waals surface area contributed by atoms with E-state index in [2.05, 4.69) is 32.2 Å². The second-order valence-electron chi connectivity index (χ2n) is 4.85. The summed E-state index contributed by atoms with van der Waals surface area (Å²) in [4.78, 5) is 2.51. The van der Waals surface area contributed by atoms with E-state index in [1.165, 1.54) is 5.56 Å². The predicted molar refractivity (Wildman–Crippen MR) is 76.1 cm³/mol. The monoisotopic (exact) mass is 330 g/mol. The number of nitrogens with one attached hydrogen (secondary N) is 1. The van der Waals surface area contributed by atoms with E-state index in [9.17, 15) is 0 Å². The highest BCUT2D eigenvalue weighted by atomic mass is 79.9. The molecule has 2 heterocycles. The molecule has 0 aliphatic carbocycles. The molecule has 18 heavy (non-hydrogen) atoms. The first kappa shape index (κ1) is 12.9. The lowest BCUT2D eigenvalue weighted by atomic mass is 10.0. The van der Waals surface area contributed by atoms with Crippen LogP contribution in [0.3, 0.4) is 0 Å². The number of hydrogen-bond acceptors (Lipinski definition) is 3. The van der Waals surface area contributed by atoms with Crippen LogP contribution in [0.1, 0.15) is 11.7 Å². The van der Waals surface area contributed by atoms with Gasteiger partial charge in [0.25, 0.3) is 0 Å². The normalized spacial score (nSPS) is 29.0. The molecule has 1 N–H and O–H groups in total. The second-order valence-corrected chi connectivity index (χ2v) is 6.11. The smallest absolute Gasteiger partial charge is 0.0953 e. The van der Waals surface area contributed by atoms with Crippen LogP contribution in [-0.4, -0.2) is 43.7 Å². The Balaban J connectivity index is 1.75. The Labute approximate surface area is 121 Å². The molecule has 0 amide bonds. The van der Waals surface area contributed by atoms with Gasteiger partial charge in [0.15, 0.2) is 0 Å². The van der Waals surface area contributed by atoms with E-state index in [0.717, 1.165) is 42.3 Å². The fourth-order valence-electron chi connectivity index (χ4n) is 2.61. The molecule has 0 bridgehead atoms. The molecule has 0 radical (unpaired) electrons. The van der Waals surface area contributed by atoms with Crippen molar-refractivity contribution in [3.63, 3.8) is 0 Å². The van der Waals surface area contributed by atoms with Gasteiger partial charge in [0.2, 0.25) is 0 Å². The van der Waals surface area contributed by atoms with Gasteiger partial charge >= 0.3 is 0 Å². The molecule has 0 spiro atoms. The largest absolute Gasteiger partial charge is 0.371 e. The third-order valence-electron chi connectivity index (χ3n) is 3.68. The van der Waals surface area contributed by atoms with E-state index in [-0.39, 0.29) is 6.10 Å². The molecule has 2 saturated heterocycles. The van der Waals surface area contributed by atoms with E-state index in [0.29, 0.717) is 6.04 Å². The third-order valence-corrected chi connectivity index (χ3v) is 4.91. The number of halogens is 2. The zero-order chi connectivity index (χ0) is 12.5. The zero-order valence-electron chi connectivity index (χ0n) is 10.0. The van der Waals surface area contributed by atoms with E-state index in [1.807, 2.05) is 12.1 Å². The number of benzene rings is 1. The van der Waals surface area contributed by atoms with Gasteiger partial charge in [-0.3, -0.25) is 4.90 Å². The average Bonchev–Trinajstić information content (AvgIpc) is 2.41. The maximum absolute atomic E-state index is 6.14. The second kappa shape index (κ2) is 5.47. The summed E-state index contributed by atoms with van der Waals surface area (Å²) in [5.74, 6) is 0. The van der Waals surface area contributed by atoms with Gasteiger partial charge in [-0.2, -0.15) is 0 Å². The van der Waals surface area contributed by atoms with Gasteiger partial charge in [-0.25, -0.2) is 0 Å². The maximum Gasteiger partial charge on any atom is 0.0953 e. The van der Waals surface area contributed by atoms with Crippen LogP contribution >= 0.6 is 27.5 Å². The zero-order valence-corrected chi connectivity index (χ0v) is 12.4. The van der Waals surface area contributed by atoms with Crippen LogP contribution in [0, 0.1) is 0 Å². The van der Waals surface area contributed by atoms with Crippen molar-refractivity contribution in [3.8, 4) is 0 Å². The van der Waals surface area contributed by atoms with Crippen molar-refractivity contribution in [1.82, 2.24) is 10.2 Å². The quantitative estimate of drug-likeness (QED) is 0.855. The van der Waals surface area contributed by atoms with Gasteiger partial charge < -0.3 is 10.1 Å². The van der Waals surface area contributed by atoms with Crippen molar-refractivity contribution in [1.29, 1.82) is 0 Å². The first-order valence-corrected chi connectivity index (χ1v) is 7.42. The summed E-state index contributed by atoms with van der Waals surface area (Å²) in [6.07, 6.45) is 0.143. The Kier molecular flexibility index (Phi) is 3.91. The number of ether oxygens (including phenoxy) is 1. The standard InChI is InChI=1S/C13H16BrClN2O/c14-11-2-1-9(5-12(11)15)13-7-17-4-3-16-6-10(17)8-18-13/h1-2,5,10,13,16H,3-4,6-8H2/t10-,13-/m0/s1. The van der Waals surface area contributed by atoms with Gasteiger partial charge in [-0.15, -0.1) is 0 Å². The molecule has 2 fully saturated rings. The summed E-state index contributed by atoms with van der Waals surface area (Å²) in [6.45, 7) is 4.97. The van der Waals surface area contributed by atoms with Crippen molar-refractivity contribution < 1.29 is 4.74 Å². The Bertz CT molecular complexity index is 443. The summed E-state index contributed by atoms with van der Waals surface area (Å²) in [7, 11) is 0. The molecule has 3 nitrogen and oxygen atoms in total. The van der Waals surface area contributed by atoms with E-state index in [4.69, 9.17) is 16.3 Å². The molecular formula is C13H16BrClN2O. The van der Waals surface area contributed by atoms with Crippen LogP contribution < -0.4 is 5.32 Å². The SMILES string of the molecule is Clc1cc([C@@H]2CN3CCNC[C@H]3CO2)ccc1Br. The number of piperazine rings is 1. The maximum atomic E-state index is 6.14. The first-order chi connectivity index (χ1) is 8.74. The molecule has 98 valence electrons. The lowest BCUT2D eigenvalue weighted by Crippen LogP contribution is -2.57. The number of rotatable bonds is 1. The van der Waals surface area contributed by atoms with Gasteiger partial charge in [-0.1, -0.05) is 17.7 Å². The molecule has 2 aliphatic rings. The lowest BCUT2D eigenvalue weighted by Gasteiger charge is -2.42. The molecule has 0 unspecified atom stereocenters. The molecule has 5 heteroatoms. The molecule has 1 aromatic carbocycles. The van der Waals surface area contributed by atoms with Crippen LogP contribution in [0.4, 0.5) is 0 Å². The van der Waals surface area contributed by atoms with Gasteiger partial charge in [0.1, 0.15) is 0 Å². The highest BCUT2D eigenvalue weighted by Gasteiger charge is 2.31. The lowest BCUT2D eigenvalue weighted by molar-refractivity contribution is -0.0717. The third kappa shape index (κ3) is 2.58. The van der Waals surface area contributed by atoms with Crippen molar-refractivity contribution in [2.75, 3.05) is 32.8 Å². The summed E-state index contributed by atoms with van der Waals surface area (Å²) in [5, 5.41) is 4.15. The van der Waals surface area contributed by atoms with Gasteiger partial charge in [0, 0.05) is 36.7 Å². The molecule has 2 aliphatic heterocycles. The van der Waals surface area contributed by atoms with Crippen LogP contribution in [0.2, 0.25) is 5.02 Å². The molecule has 2 atom stereocenters. The topological polar surface area (TPSA) is 24.5 Å². The minimum atomic E-state index is 0.143. The fourth-order valence-corrected chi connectivity index (χ4v) is 3.05. The van der Waals surface area contributed by atoms with E-state index < -0.39 is 0 Å². The summed E-state index contributed by atoms with van der Waals surface area (Å²) >= 11 is 9.56. The van der Waals surface area contributed by atoms with Crippen molar-refractivity contribution in [3.05, 3.63) is 33.3 Å². The number of hydrogen-bond donors (Lipinski definition) is 1. The Hall–Kier alpha value is -0.130. The van der Waals surface area contributed by atoms with Crippen LogP contribution in [-0.2, 0) is 4.74 Å².